The van der Waals surface area contributed by atoms with Gasteiger partial charge in [-0.25, -0.2) is 9.78 Å². The highest BCUT2D eigenvalue weighted by atomic mass is 16.5. The monoisotopic (exact) mass is 391 g/mol. The molecule has 0 radical (unpaired) electrons. The van der Waals surface area contributed by atoms with Crippen molar-refractivity contribution >= 4 is 16.7 Å². The topological polar surface area (TPSA) is 48.4 Å². The number of hydrogen-bond donors (Lipinski definition) is 0. The van der Waals surface area contributed by atoms with Gasteiger partial charge in [0.1, 0.15) is 0 Å². The van der Waals surface area contributed by atoms with Gasteiger partial charge in [0.15, 0.2) is 5.69 Å². The largest absolute Gasteiger partial charge is 0.461 e. The molecule has 3 aromatic rings. The Balaban J connectivity index is 2.00. The van der Waals surface area contributed by atoms with Gasteiger partial charge < -0.3 is 9.47 Å². The number of carbonyl (C=O) groups is 1. The van der Waals surface area contributed by atoms with Crippen molar-refractivity contribution in [1.29, 1.82) is 0 Å². The molecule has 3 rings (SSSR count). The third-order valence-corrected chi connectivity index (χ3v) is 4.93. The highest BCUT2D eigenvalue weighted by Crippen LogP contribution is 2.34. The molecule has 0 N–H and O–H groups in total. The lowest BCUT2D eigenvalue weighted by Gasteiger charge is -2.25. The number of ether oxygens (including phenoxy) is 2. The maximum atomic E-state index is 12.8. The Morgan fingerprint density at radius 1 is 1.03 bits per heavy atom. The highest BCUT2D eigenvalue weighted by molar-refractivity contribution is 5.96. The fourth-order valence-electron chi connectivity index (χ4n) is 3.38. The van der Waals surface area contributed by atoms with Crippen LogP contribution < -0.4 is 0 Å². The molecule has 4 heteroatoms. The van der Waals surface area contributed by atoms with Gasteiger partial charge >= 0.3 is 5.97 Å². The summed E-state index contributed by atoms with van der Waals surface area (Å²) in [5.41, 5.74) is 2.26. The van der Waals surface area contributed by atoms with E-state index in [-0.39, 0.29) is 18.0 Å². The first-order valence-electron chi connectivity index (χ1n) is 10.3. The van der Waals surface area contributed by atoms with Gasteiger partial charge in [-0.3, -0.25) is 0 Å². The molecular weight excluding hydrogens is 362 g/mol. The molecule has 2 aromatic carbocycles. The predicted molar refractivity (Wildman–Crippen MR) is 116 cm³/mol. The standard InChI is InChI=1S/C25H29NO3/c1-4-5-15-28-25(27)23-22(21-14-10-9-13-20(21)16-26-23)24(18(2)3)29-17-19-11-7-6-8-12-19/h6-14,16,18,24H,4-5,15,17H2,1-3H3. The first-order valence-corrected chi connectivity index (χ1v) is 10.3. The number of esters is 1. The van der Waals surface area contributed by atoms with Crippen LogP contribution in [0.15, 0.2) is 60.8 Å². The molecule has 0 aliphatic carbocycles. The summed E-state index contributed by atoms with van der Waals surface area (Å²) in [7, 11) is 0. The van der Waals surface area contributed by atoms with Crippen LogP contribution in [0.1, 0.15) is 61.3 Å². The van der Waals surface area contributed by atoms with E-state index in [0.29, 0.717) is 18.9 Å². The molecule has 0 saturated heterocycles. The lowest BCUT2D eigenvalue weighted by atomic mass is 9.92. The second-order valence-electron chi connectivity index (χ2n) is 7.56. The van der Waals surface area contributed by atoms with E-state index in [4.69, 9.17) is 9.47 Å². The van der Waals surface area contributed by atoms with Gasteiger partial charge in [-0.2, -0.15) is 0 Å². The van der Waals surface area contributed by atoms with E-state index >= 15 is 0 Å². The predicted octanol–water partition coefficient (Wildman–Crippen LogP) is 6.11. The Labute approximate surface area is 172 Å². The summed E-state index contributed by atoms with van der Waals surface area (Å²) < 4.78 is 11.8. The van der Waals surface area contributed by atoms with Crippen molar-refractivity contribution in [1.82, 2.24) is 4.98 Å². The summed E-state index contributed by atoms with van der Waals surface area (Å²) in [5.74, 6) is -0.221. The zero-order valence-corrected chi connectivity index (χ0v) is 17.4. The normalized spacial score (nSPS) is 12.3. The minimum atomic E-state index is -0.381. The quantitative estimate of drug-likeness (QED) is 0.326. The Morgan fingerprint density at radius 2 is 1.76 bits per heavy atom. The van der Waals surface area contributed by atoms with Gasteiger partial charge in [-0.15, -0.1) is 0 Å². The molecule has 0 amide bonds. The van der Waals surface area contributed by atoms with Gasteiger partial charge in [-0.05, 0) is 23.3 Å². The molecule has 1 unspecified atom stereocenters. The number of hydrogen-bond acceptors (Lipinski definition) is 4. The van der Waals surface area contributed by atoms with Crippen LogP contribution in [0.3, 0.4) is 0 Å². The Bertz CT molecular complexity index is 937. The first kappa shape index (κ1) is 21.0. The maximum Gasteiger partial charge on any atom is 0.357 e. The summed E-state index contributed by atoms with van der Waals surface area (Å²) >= 11 is 0. The van der Waals surface area contributed by atoms with Crippen molar-refractivity contribution in [3.8, 4) is 0 Å². The average molecular weight is 392 g/mol. The van der Waals surface area contributed by atoms with E-state index in [1.807, 2.05) is 54.6 Å². The number of rotatable bonds is 9. The minimum absolute atomic E-state index is 0.161. The molecule has 1 atom stereocenters. The zero-order chi connectivity index (χ0) is 20.6. The number of benzene rings is 2. The van der Waals surface area contributed by atoms with E-state index in [1.165, 1.54) is 0 Å². The average Bonchev–Trinajstić information content (AvgIpc) is 2.74. The van der Waals surface area contributed by atoms with E-state index in [1.54, 1.807) is 6.20 Å². The van der Waals surface area contributed by atoms with Gasteiger partial charge in [-0.1, -0.05) is 81.8 Å². The molecule has 0 bridgehead atoms. The number of unbranched alkanes of at least 4 members (excludes halogenated alkanes) is 1. The maximum absolute atomic E-state index is 12.8. The third kappa shape index (κ3) is 5.21. The van der Waals surface area contributed by atoms with E-state index in [0.717, 1.165) is 34.7 Å². The van der Waals surface area contributed by atoms with Gasteiger partial charge in [0.25, 0.3) is 0 Å². The van der Waals surface area contributed by atoms with E-state index in [2.05, 4.69) is 25.8 Å². The van der Waals surface area contributed by atoms with Crippen LogP contribution in [-0.2, 0) is 16.1 Å². The molecule has 0 saturated carbocycles. The number of nitrogens with zero attached hydrogens (tertiary/aromatic N) is 1. The molecule has 4 nitrogen and oxygen atoms in total. The molecular formula is C25H29NO3. The third-order valence-electron chi connectivity index (χ3n) is 4.93. The summed E-state index contributed by atoms with van der Waals surface area (Å²) in [5, 5.41) is 1.97. The first-order chi connectivity index (χ1) is 14.1. The molecule has 1 heterocycles. The Kier molecular flexibility index (Phi) is 7.36. The van der Waals surface area contributed by atoms with Crippen LogP contribution in [0.5, 0.6) is 0 Å². The molecule has 1 aromatic heterocycles. The number of aromatic nitrogens is 1. The summed E-state index contributed by atoms with van der Waals surface area (Å²) in [6.07, 6.45) is 3.28. The zero-order valence-electron chi connectivity index (χ0n) is 17.4. The number of carbonyl (C=O) groups excluding carboxylic acids is 1. The van der Waals surface area contributed by atoms with Crippen LogP contribution in [0.4, 0.5) is 0 Å². The second kappa shape index (κ2) is 10.2. The fourth-order valence-corrected chi connectivity index (χ4v) is 3.38. The van der Waals surface area contributed by atoms with E-state index < -0.39 is 0 Å². The van der Waals surface area contributed by atoms with E-state index in [9.17, 15) is 4.79 Å². The van der Waals surface area contributed by atoms with Crippen LogP contribution in [0.2, 0.25) is 0 Å². The van der Waals surface area contributed by atoms with Gasteiger partial charge in [0.2, 0.25) is 0 Å². The second-order valence-corrected chi connectivity index (χ2v) is 7.56. The van der Waals surface area contributed by atoms with Crippen LogP contribution in [0, 0.1) is 5.92 Å². The molecule has 152 valence electrons. The summed E-state index contributed by atoms with van der Waals surface area (Å²) in [6.45, 7) is 7.14. The summed E-state index contributed by atoms with van der Waals surface area (Å²) in [6, 6.07) is 18.1. The lowest BCUT2D eigenvalue weighted by Crippen LogP contribution is -2.19. The van der Waals surface area contributed by atoms with Gasteiger partial charge in [0, 0.05) is 17.1 Å². The van der Waals surface area contributed by atoms with Crippen LogP contribution in [-0.4, -0.2) is 17.6 Å². The molecule has 29 heavy (non-hydrogen) atoms. The molecule has 0 aliphatic heterocycles. The van der Waals surface area contributed by atoms with Crippen molar-refractivity contribution in [2.75, 3.05) is 6.61 Å². The van der Waals surface area contributed by atoms with Crippen molar-refractivity contribution < 1.29 is 14.3 Å². The smallest absolute Gasteiger partial charge is 0.357 e. The Morgan fingerprint density at radius 3 is 2.48 bits per heavy atom. The fraction of sp³-hybridized carbons (Fsp3) is 0.360. The van der Waals surface area contributed by atoms with Crippen LogP contribution in [0.25, 0.3) is 10.8 Å². The van der Waals surface area contributed by atoms with Crippen LogP contribution >= 0.6 is 0 Å². The molecule has 0 fully saturated rings. The Hall–Kier alpha value is -2.72. The van der Waals surface area contributed by atoms with Crippen molar-refractivity contribution in [3.05, 3.63) is 77.6 Å². The number of fused-ring (bicyclic) bond motifs is 1. The highest BCUT2D eigenvalue weighted by Gasteiger charge is 2.27. The summed E-state index contributed by atoms with van der Waals surface area (Å²) in [4.78, 5) is 17.3. The minimum Gasteiger partial charge on any atom is -0.461 e. The van der Waals surface area contributed by atoms with Gasteiger partial charge in [0.05, 0.1) is 19.3 Å². The number of pyridine rings is 1. The lowest BCUT2D eigenvalue weighted by molar-refractivity contribution is 0.00807. The van der Waals surface area contributed by atoms with Crippen molar-refractivity contribution in [2.45, 2.75) is 46.3 Å². The molecule has 0 aliphatic rings. The van der Waals surface area contributed by atoms with Crippen molar-refractivity contribution in [2.24, 2.45) is 5.92 Å². The SMILES string of the molecule is CCCCOC(=O)c1ncc2ccccc2c1C(OCc1ccccc1)C(C)C. The van der Waals surface area contributed by atoms with Crippen molar-refractivity contribution in [3.63, 3.8) is 0 Å². The molecule has 0 spiro atoms.